The molecule has 3 nitrogen and oxygen atoms in total. The molecule has 0 fully saturated rings. The van der Waals surface area contributed by atoms with Crippen LogP contribution in [0.4, 0.5) is 4.39 Å². The van der Waals surface area contributed by atoms with E-state index in [9.17, 15) is 9.18 Å². The molecule has 1 atom stereocenters. The fourth-order valence-corrected chi connectivity index (χ4v) is 1.46. The van der Waals surface area contributed by atoms with Crippen LogP contribution in [0.5, 0.6) is 0 Å². The van der Waals surface area contributed by atoms with Gasteiger partial charge in [0.1, 0.15) is 11.4 Å². The van der Waals surface area contributed by atoms with E-state index in [4.69, 9.17) is 10.8 Å². The van der Waals surface area contributed by atoms with E-state index in [0.29, 0.717) is 9.13 Å². The second-order valence-electron chi connectivity index (χ2n) is 3.14. The van der Waals surface area contributed by atoms with Crippen molar-refractivity contribution in [2.45, 2.75) is 12.5 Å². The summed E-state index contributed by atoms with van der Waals surface area (Å²) in [7, 11) is 0. The molecule has 0 aromatic heterocycles. The van der Waals surface area contributed by atoms with Crippen molar-refractivity contribution < 1.29 is 14.3 Å². The summed E-state index contributed by atoms with van der Waals surface area (Å²) in [4.78, 5) is 10.8. The molecule has 0 saturated heterocycles. The Bertz CT molecular complexity index is 379. The molecular weight excluding hydrogens is 300 g/mol. The van der Waals surface area contributed by atoms with E-state index in [2.05, 4.69) is 0 Å². The summed E-state index contributed by atoms with van der Waals surface area (Å²) < 4.78 is 13.3. The van der Waals surface area contributed by atoms with Crippen LogP contribution in [0, 0.1) is 9.39 Å². The zero-order chi connectivity index (χ0) is 10.9. The molecule has 76 valence electrons. The Morgan fingerprint density at radius 1 is 1.64 bits per heavy atom. The van der Waals surface area contributed by atoms with Crippen LogP contribution in [0.1, 0.15) is 12.5 Å². The first-order valence-electron chi connectivity index (χ1n) is 3.83. The number of aliphatic carboxylic acids is 1. The molecule has 0 heterocycles. The average Bonchev–Trinajstić information content (AvgIpc) is 2.09. The summed E-state index contributed by atoms with van der Waals surface area (Å²) in [6.45, 7) is 1.37. The SMILES string of the molecule is C[C@](N)(C(=O)O)c1ccc(F)c(I)c1. The van der Waals surface area contributed by atoms with E-state index >= 15 is 0 Å². The van der Waals surface area contributed by atoms with Crippen molar-refractivity contribution in [2.24, 2.45) is 5.73 Å². The van der Waals surface area contributed by atoms with Crippen molar-refractivity contribution in [1.82, 2.24) is 0 Å². The predicted octanol–water partition coefficient (Wildman–Crippen LogP) is 1.69. The molecule has 1 rings (SSSR count). The number of carboxylic acid groups (broad SMARTS) is 1. The Hall–Kier alpha value is -0.690. The van der Waals surface area contributed by atoms with Crippen molar-refractivity contribution >= 4 is 28.6 Å². The third-order valence-electron chi connectivity index (χ3n) is 1.96. The first-order valence-corrected chi connectivity index (χ1v) is 4.91. The van der Waals surface area contributed by atoms with E-state index < -0.39 is 11.5 Å². The van der Waals surface area contributed by atoms with Crippen molar-refractivity contribution in [2.75, 3.05) is 0 Å². The van der Waals surface area contributed by atoms with E-state index in [-0.39, 0.29) is 5.82 Å². The minimum Gasteiger partial charge on any atom is -0.480 e. The summed E-state index contributed by atoms with van der Waals surface area (Å²) >= 11 is 1.79. The van der Waals surface area contributed by atoms with Crippen LogP contribution in [0.3, 0.4) is 0 Å². The van der Waals surface area contributed by atoms with E-state index in [1.165, 1.54) is 25.1 Å². The Kier molecular flexibility index (Phi) is 3.10. The fourth-order valence-electron chi connectivity index (χ4n) is 0.943. The van der Waals surface area contributed by atoms with E-state index in [1.54, 1.807) is 22.6 Å². The Balaban J connectivity index is 3.21. The second-order valence-corrected chi connectivity index (χ2v) is 4.30. The van der Waals surface area contributed by atoms with Gasteiger partial charge in [0.25, 0.3) is 0 Å². The minimum absolute atomic E-state index is 0.359. The van der Waals surface area contributed by atoms with Gasteiger partial charge < -0.3 is 10.8 Å². The summed E-state index contributed by atoms with van der Waals surface area (Å²) in [5, 5.41) is 8.83. The highest BCUT2D eigenvalue weighted by atomic mass is 127. The van der Waals surface area contributed by atoms with Crippen LogP contribution < -0.4 is 5.73 Å². The number of benzene rings is 1. The number of carboxylic acids is 1. The molecule has 0 amide bonds. The maximum Gasteiger partial charge on any atom is 0.328 e. The standard InChI is InChI=1S/C9H9FINO2/c1-9(12,8(13)14)5-2-3-6(10)7(11)4-5/h2-4H,12H2,1H3,(H,13,14)/t9-/m1/s1. The quantitative estimate of drug-likeness (QED) is 0.817. The van der Waals surface area contributed by atoms with Gasteiger partial charge in [0.05, 0.1) is 0 Å². The van der Waals surface area contributed by atoms with Gasteiger partial charge in [0, 0.05) is 3.57 Å². The van der Waals surface area contributed by atoms with Gasteiger partial charge >= 0.3 is 5.97 Å². The second kappa shape index (κ2) is 3.82. The smallest absolute Gasteiger partial charge is 0.328 e. The topological polar surface area (TPSA) is 63.3 Å². The summed E-state index contributed by atoms with van der Waals surface area (Å²) in [6.07, 6.45) is 0. The fraction of sp³-hybridized carbons (Fsp3) is 0.222. The first kappa shape index (κ1) is 11.4. The molecule has 0 unspecified atom stereocenters. The number of halogens is 2. The Morgan fingerprint density at radius 2 is 2.21 bits per heavy atom. The number of hydrogen-bond acceptors (Lipinski definition) is 2. The van der Waals surface area contributed by atoms with E-state index in [1.807, 2.05) is 0 Å². The van der Waals surface area contributed by atoms with Gasteiger partial charge in [-0.2, -0.15) is 0 Å². The third-order valence-corrected chi connectivity index (χ3v) is 2.79. The monoisotopic (exact) mass is 309 g/mol. The highest BCUT2D eigenvalue weighted by molar-refractivity contribution is 14.1. The van der Waals surface area contributed by atoms with Crippen LogP contribution in [-0.2, 0) is 10.3 Å². The van der Waals surface area contributed by atoms with Crippen LogP contribution >= 0.6 is 22.6 Å². The molecule has 0 aliphatic rings. The lowest BCUT2D eigenvalue weighted by atomic mass is 9.93. The van der Waals surface area contributed by atoms with Gasteiger partial charge in [-0.3, -0.25) is 0 Å². The lowest BCUT2D eigenvalue weighted by molar-refractivity contribution is -0.143. The molecule has 14 heavy (non-hydrogen) atoms. The van der Waals surface area contributed by atoms with Crippen molar-refractivity contribution in [3.8, 4) is 0 Å². The molecule has 1 aromatic carbocycles. The molecule has 0 aliphatic carbocycles. The number of rotatable bonds is 2. The molecular formula is C9H9FINO2. The van der Waals surface area contributed by atoms with Crippen molar-refractivity contribution in [3.05, 3.63) is 33.1 Å². The average molecular weight is 309 g/mol. The lowest BCUT2D eigenvalue weighted by Crippen LogP contribution is -2.41. The van der Waals surface area contributed by atoms with E-state index in [0.717, 1.165) is 0 Å². The first-order chi connectivity index (χ1) is 6.35. The Labute approximate surface area is 94.2 Å². The van der Waals surface area contributed by atoms with Gasteiger partial charge in [0.15, 0.2) is 0 Å². The van der Waals surface area contributed by atoms with Gasteiger partial charge in [0.2, 0.25) is 0 Å². The van der Waals surface area contributed by atoms with Gasteiger partial charge in [-0.25, -0.2) is 9.18 Å². The molecule has 1 aromatic rings. The molecule has 0 aliphatic heterocycles. The summed E-state index contributed by atoms with van der Waals surface area (Å²) in [5.41, 5.74) is 4.48. The lowest BCUT2D eigenvalue weighted by Gasteiger charge is -2.19. The summed E-state index contributed by atoms with van der Waals surface area (Å²) in [6, 6.07) is 4.03. The maximum absolute atomic E-state index is 12.9. The highest BCUT2D eigenvalue weighted by Crippen LogP contribution is 2.21. The molecule has 0 spiro atoms. The van der Waals surface area contributed by atoms with Gasteiger partial charge in [-0.1, -0.05) is 6.07 Å². The van der Waals surface area contributed by atoms with Gasteiger partial charge in [-0.05, 0) is 47.2 Å². The maximum atomic E-state index is 12.9. The minimum atomic E-state index is -1.48. The molecule has 5 heteroatoms. The molecule has 0 radical (unpaired) electrons. The Morgan fingerprint density at radius 3 is 2.64 bits per heavy atom. The number of hydrogen-bond donors (Lipinski definition) is 2. The van der Waals surface area contributed by atoms with Crippen LogP contribution in [0.15, 0.2) is 18.2 Å². The summed E-state index contributed by atoms with van der Waals surface area (Å²) in [5.74, 6) is -1.52. The van der Waals surface area contributed by atoms with Crippen molar-refractivity contribution in [3.63, 3.8) is 0 Å². The van der Waals surface area contributed by atoms with Gasteiger partial charge in [-0.15, -0.1) is 0 Å². The zero-order valence-corrected chi connectivity index (χ0v) is 9.58. The van der Waals surface area contributed by atoms with Crippen LogP contribution in [0.2, 0.25) is 0 Å². The molecule has 0 bridgehead atoms. The number of carbonyl (C=O) groups is 1. The third kappa shape index (κ3) is 2.03. The number of nitrogens with two attached hydrogens (primary N) is 1. The van der Waals surface area contributed by atoms with Crippen molar-refractivity contribution in [1.29, 1.82) is 0 Å². The normalized spacial score (nSPS) is 14.9. The zero-order valence-electron chi connectivity index (χ0n) is 7.42. The predicted molar refractivity (Wildman–Crippen MR) is 58.3 cm³/mol. The largest absolute Gasteiger partial charge is 0.480 e. The van der Waals surface area contributed by atoms with Crippen LogP contribution in [0.25, 0.3) is 0 Å². The molecule has 3 N–H and O–H groups in total. The highest BCUT2D eigenvalue weighted by Gasteiger charge is 2.30. The van der Waals surface area contributed by atoms with Crippen LogP contribution in [-0.4, -0.2) is 11.1 Å². The molecule has 0 saturated carbocycles.